The number of carbonyl (C=O) groups is 1. The number of anilines is 1. The molecule has 2 aromatic carbocycles. The summed E-state index contributed by atoms with van der Waals surface area (Å²) in [7, 11) is -2.02. The number of carbonyl (C=O) groups excluding carboxylic acids is 1. The molecule has 0 saturated carbocycles. The van der Waals surface area contributed by atoms with Crippen molar-refractivity contribution in [3.8, 4) is 5.75 Å². The van der Waals surface area contributed by atoms with E-state index in [4.69, 9.17) is 14.2 Å². The molecule has 0 aromatic heterocycles. The standard InChI is InChI=1S/C27H36N2O6S/c1-21-4-9-25(10-5-21)36(31,32)29-19-24(8-7-23(29)12-15-30)35-20-22-6-11-27-26(18-22)28(14-17-34-27)13-3-16-33-2/h4-6,9-11,15,18,23-24H,3,7-8,12-14,16-17,19-20H2,1-2H3/t23-,24+/m0/s1. The van der Waals surface area contributed by atoms with Crippen molar-refractivity contribution < 1.29 is 27.4 Å². The van der Waals surface area contributed by atoms with Crippen LogP contribution in [0, 0.1) is 6.92 Å². The molecule has 4 rings (SSSR count). The van der Waals surface area contributed by atoms with Crippen LogP contribution in [0.5, 0.6) is 5.75 Å². The minimum absolute atomic E-state index is 0.182. The molecule has 9 heteroatoms. The number of aldehydes is 1. The zero-order chi connectivity index (χ0) is 25.5. The fourth-order valence-electron chi connectivity index (χ4n) is 4.84. The van der Waals surface area contributed by atoms with Crippen molar-refractivity contribution >= 4 is 22.0 Å². The van der Waals surface area contributed by atoms with Gasteiger partial charge in [0.1, 0.15) is 18.6 Å². The van der Waals surface area contributed by atoms with E-state index < -0.39 is 10.0 Å². The number of methoxy groups -OCH3 is 1. The van der Waals surface area contributed by atoms with E-state index in [0.717, 1.165) is 48.4 Å². The first-order valence-electron chi connectivity index (χ1n) is 12.6. The number of hydrogen-bond acceptors (Lipinski definition) is 7. The van der Waals surface area contributed by atoms with Gasteiger partial charge in [0.2, 0.25) is 10.0 Å². The highest BCUT2D eigenvalue weighted by atomic mass is 32.2. The predicted octanol–water partition coefficient (Wildman–Crippen LogP) is 3.56. The number of hydrogen-bond donors (Lipinski definition) is 0. The van der Waals surface area contributed by atoms with Gasteiger partial charge in [-0.1, -0.05) is 23.8 Å². The Bertz CT molecular complexity index is 1120. The molecular formula is C27H36N2O6S. The lowest BCUT2D eigenvalue weighted by Crippen LogP contribution is -2.49. The quantitative estimate of drug-likeness (QED) is 0.334. The summed E-state index contributed by atoms with van der Waals surface area (Å²) < 4.78 is 45.6. The Kier molecular flexibility index (Phi) is 9.00. The van der Waals surface area contributed by atoms with E-state index in [0.29, 0.717) is 32.7 Å². The van der Waals surface area contributed by atoms with E-state index in [9.17, 15) is 13.2 Å². The molecule has 36 heavy (non-hydrogen) atoms. The predicted molar refractivity (Wildman–Crippen MR) is 138 cm³/mol. The topological polar surface area (TPSA) is 85.4 Å². The van der Waals surface area contributed by atoms with Crippen molar-refractivity contribution in [1.82, 2.24) is 4.31 Å². The number of sulfonamides is 1. The Morgan fingerprint density at radius 3 is 2.69 bits per heavy atom. The summed E-state index contributed by atoms with van der Waals surface area (Å²) >= 11 is 0. The van der Waals surface area contributed by atoms with Gasteiger partial charge in [-0.3, -0.25) is 0 Å². The molecule has 1 saturated heterocycles. The van der Waals surface area contributed by atoms with E-state index >= 15 is 0 Å². The first-order chi connectivity index (χ1) is 17.4. The number of fused-ring (bicyclic) bond motifs is 1. The van der Waals surface area contributed by atoms with Crippen LogP contribution < -0.4 is 9.64 Å². The average Bonchev–Trinajstić information content (AvgIpc) is 2.88. The summed E-state index contributed by atoms with van der Waals surface area (Å²) in [6, 6.07) is 12.6. The number of benzene rings is 2. The normalized spacial score (nSPS) is 20.6. The molecule has 0 N–H and O–H groups in total. The molecule has 0 unspecified atom stereocenters. The molecule has 0 radical (unpaired) electrons. The van der Waals surface area contributed by atoms with Crippen LogP contribution in [-0.2, 0) is 30.9 Å². The Labute approximate surface area is 214 Å². The minimum atomic E-state index is -3.74. The molecule has 2 atom stereocenters. The highest BCUT2D eigenvalue weighted by Crippen LogP contribution is 2.34. The third-order valence-electron chi connectivity index (χ3n) is 6.85. The largest absolute Gasteiger partial charge is 0.490 e. The molecule has 0 bridgehead atoms. The van der Waals surface area contributed by atoms with E-state index in [1.165, 1.54) is 4.31 Å². The van der Waals surface area contributed by atoms with Gasteiger partial charge in [-0.2, -0.15) is 4.31 Å². The number of aryl methyl sites for hydroxylation is 1. The molecule has 2 heterocycles. The smallest absolute Gasteiger partial charge is 0.243 e. The number of nitrogens with zero attached hydrogens (tertiary/aromatic N) is 2. The molecule has 0 amide bonds. The molecule has 2 aliphatic heterocycles. The van der Waals surface area contributed by atoms with E-state index in [-0.39, 0.29) is 30.0 Å². The lowest BCUT2D eigenvalue weighted by molar-refractivity contribution is -0.109. The Hall–Kier alpha value is -2.46. The van der Waals surface area contributed by atoms with Crippen molar-refractivity contribution in [2.75, 3.05) is 44.9 Å². The second-order valence-corrected chi connectivity index (χ2v) is 11.3. The first kappa shape index (κ1) is 26.6. The third kappa shape index (κ3) is 6.26. The fraction of sp³-hybridized carbons (Fsp3) is 0.519. The van der Waals surface area contributed by atoms with Crippen LogP contribution >= 0.6 is 0 Å². The van der Waals surface area contributed by atoms with Gasteiger partial charge in [0, 0.05) is 39.3 Å². The highest BCUT2D eigenvalue weighted by Gasteiger charge is 2.37. The van der Waals surface area contributed by atoms with Crippen molar-refractivity contribution in [3.05, 3.63) is 53.6 Å². The van der Waals surface area contributed by atoms with Crippen LogP contribution in [0.25, 0.3) is 0 Å². The maximum atomic E-state index is 13.4. The van der Waals surface area contributed by atoms with Gasteiger partial charge in [-0.15, -0.1) is 0 Å². The van der Waals surface area contributed by atoms with Crippen molar-refractivity contribution in [2.24, 2.45) is 0 Å². The van der Waals surface area contributed by atoms with Crippen LogP contribution in [0.2, 0.25) is 0 Å². The minimum Gasteiger partial charge on any atom is -0.490 e. The molecule has 0 aliphatic carbocycles. The number of ether oxygens (including phenoxy) is 3. The van der Waals surface area contributed by atoms with Gasteiger partial charge in [0.25, 0.3) is 0 Å². The lowest BCUT2D eigenvalue weighted by Gasteiger charge is -2.38. The number of piperidine rings is 1. The second-order valence-electron chi connectivity index (χ2n) is 9.44. The van der Waals surface area contributed by atoms with Crippen molar-refractivity contribution in [3.63, 3.8) is 0 Å². The molecule has 2 aliphatic rings. The zero-order valence-electron chi connectivity index (χ0n) is 21.1. The molecule has 2 aromatic rings. The van der Waals surface area contributed by atoms with Crippen molar-refractivity contribution in [2.45, 2.75) is 56.3 Å². The maximum Gasteiger partial charge on any atom is 0.243 e. The zero-order valence-corrected chi connectivity index (χ0v) is 21.9. The summed E-state index contributed by atoms with van der Waals surface area (Å²) in [6.45, 7) is 5.61. The van der Waals surface area contributed by atoms with Gasteiger partial charge in [-0.25, -0.2) is 8.42 Å². The SMILES string of the molecule is COCCCN1CCOc2ccc(CO[C@@H]3CC[C@@H](CC=O)N(S(=O)(=O)c4ccc(C)cc4)C3)cc21. The molecule has 0 spiro atoms. The Balaban J connectivity index is 1.44. The summed E-state index contributed by atoms with van der Waals surface area (Å²) in [6.07, 6.45) is 2.96. The number of rotatable bonds is 11. The first-order valence-corrected chi connectivity index (χ1v) is 14.0. The molecular weight excluding hydrogens is 480 g/mol. The molecule has 8 nitrogen and oxygen atoms in total. The van der Waals surface area contributed by atoms with Crippen LogP contribution in [0.3, 0.4) is 0 Å². The Morgan fingerprint density at radius 2 is 1.94 bits per heavy atom. The molecule has 196 valence electrons. The van der Waals surface area contributed by atoms with E-state index in [2.05, 4.69) is 11.0 Å². The van der Waals surface area contributed by atoms with Crippen LogP contribution in [-0.4, -0.2) is 71.1 Å². The maximum absolute atomic E-state index is 13.4. The molecule has 1 fully saturated rings. The monoisotopic (exact) mass is 516 g/mol. The summed E-state index contributed by atoms with van der Waals surface area (Å²) in [5, 5.41) is 0. The second kappa shape index (κ2) is 12.2. The van der Waals surface area contributed by atoms with Gasteiger partial charge in [0.05, 0.1) is 29.8 Å². The van der Waals surface area contributed by atoms with Gasteiger partial charge in [-0.05, 0) is 56.0 Å². The Morgan fingerprint density at radius 1 is 1.14 bits per heavy atom. The van der Waals surface area contributed by atoms with Crippen LogP contribution in [0.15, 0.2) is 47.4 Å². The van der Waals surface area contributed by atoms with Crippen molar-refractivity contribution in [1.29, 1.82) is 0 Å². The lowest BCUT2D eigenvalue weighted by atomic mass is 10.0. The van der Waals surface area contributed by atoms with Crippen LogP contribution in [0.1, 0.15) is 36.8 Å². The van der Waals surface area contributed by atoms with Gasteiger partial charge < -0.3 is 23.9 Å². The summed E-state index contributed by atoms with van der Waals surface area (Å²) in [5.74, 6) is 0.868. The van der Waals surface area contributed by atoms with Gasteiger partial charge in [0.15, 0.2) is 0 Å². The van der Waals surface area contributed by atoms with E-state index in [1.54, 1.807) is 31.4 Å². The fourth-order valence-corrected chi connectivity index (χ4v) is 6.54. The van der Waals surface area contributed by atoms with E-state index in [1.807, 2.05) is 19.1 Å². The van der Waals surface area contributed by atoms with Crippen LogP contribution in [0.4, 0.5) is 5.69 Å². The van der Waals surface area contributed by atoms with Gasteiger partial charge >= 0.3 is 0 Å². The third-order valence-corrected chi connectivity index (χ3v) is 8.79. The average molecular weight is 517 g/mol. The summed E-state index contributed by atoms with van der Waals surface area (Å²) in [5.41, 5.74) is 3.06. The highest BCUT2D eigenvalue weighted by molar-refractivity contribution is 7.89. The summed E-state index contributed by atoms with van der Waals surface area (Å²) in [4.78, 5) is 13.8.